The summed E-state index contributed by atoms with van der Waals surface area (Å²) in [5.74, 6) is 8.59. The second-order valence-corrected chi connectivity index (χ2v) is 39.6. The molecule has 119 heavy (non-hydrogen) atoms. The third-order valence-electron chi connectivity index (χ3n) is 26.2. The van der Waals surface area contributed by atoms with E-state index in [1.54, 1.807) is 7.11 Å². The molecule has 11 aromatic rings. The Morgan fingerprint density at radius 2 is 0.529 bits per heavy atom. The van der Waals surface area contributed by atoms with E-state index in [4.69, 9.17) is 53.6 Å². The first-order chi connectivity index (χ1) is 56.3. The number of hydrogen-bond acceptors (Lipinski definition) is 11. The van der Waals surface area contributed by atoms with Crippen molar-refractivity contribution in [2.45, 2.75) is 319 Å². The van der Waals surface area contributed by atoms with Gasteiger partial charge in [0.1, 0.15) is 74.3 Å². The van der Waals surface area contributed by atoms with Crippen molar-refractivity contribution >= 4 is 44.1 Å². The van der Waals surface area contributed by atoms with Gasteiger partial charge in [-0.3, -0.25) is 0 Å². The van der Waals surface area contributed by atoms with Crippen molar-refractivity contribution in [2.24, 2.45) is 0 Å². The van der Waals surface area contributed by atoms with Crippen LogP contribution in [-0.4, -0.2) is 47.0 Å². The van der Waals surface area contributed by atoms with Gasteiger partial charge in [0.2, 0.25) is 0 Å². The molecule has 628 valence electrons. The summed E-state index contributed by atoms with van der Waals surface area (Å²) >= 11 is 0. The topological polar surface area (TPSA) is 155 Å². The maximum Gasteiger partial charge on any atom is 0.164 e. The predicted molar refractivity (Wildman–Crippen MR) is 497 cm³/mol. The van der Waals surface area contributed by atoms with E-state index in [1.165, 1.54) is 27.8 Å². The first-order valence-corrected chi connectivity index (χ1v) is 44.7. The van der Waals surface area contributed by atoms with Gasteiger partial charge in [-0.15, -0.1) is 0 Å². The normalized spacial score (nSPS) is 13.0. The van der Waals surface area contributed by atoms with Crippen LogP contribution >= 0.6 is 0 Å². The molecule has 3 aromatic heterocycles. The first kappa shape index (κ1) is 87.0. The Balaban J connectivity index is 1.10. The number of nitrogens with zero attached hydrogens (tertiary/aromatic N) is 6. The van der Waals surface area contributed by atoms with Gasteiger partial charge in [0.15, 0.2) is 23.3 Å². The largest absolute Gasteiger partial charge is 0.496 e. The van der Waals surface area contributed by atoms with Crippen molar-refractivity contribution in [1.82, 2.24) is 39.9 Å². The van der Waals surface area contributed by atoms with E-state index in [2.05, 4.69) is 310 Å². The minimum atomic E-state index is -0.259. The standard InChI is InChI=1S/C106H134N8O5/c1-27-47-99(10,11)66-35-45-80(101(14,15)49-29-3)87(56-66)116-68-37-41-72-76(58-68)96-108-91(72)107-95-77-59-69(117-88-57-67(100(12,13)48-28-2)36-46-81(88)102(16,17)50-30-4)38-42-73(77)92(109-95)111-98-79-61-71(119-90-64-84(105(22,23)53-33-7)86(115-26)63-85(90)106(24,25)54-34-8)40-44-75(79)94(114-98)113-97-78-60-70(39-43-74(78)93(110-96)112-97)118-89-62-82(103(18,19)51-31-5)65(9)55-83(89)104(20,21)52-32-6/h35-46,55-64H,27-34,47-54H2,1-26H3,(H2,107,108,109,110,111,112,113,114). The quantitative estimate of drug-likeness (QED) is 0.0404. The molecule has 5 heterocycles. The summed E-state index contributed by atoms with van der Waals surface area (Å²) in [7, 11) is 1.78. The van der Waals surface area contributed by atoms with E-state index in [9.17, 15) is 0 Å². The predicted octanol–water partition coefficient (Wildman–Crippen LogP) is 31.0. The second kappa shape index (κ2) is 34.0. The number of H-pyrrole nitrogens is 2. The van der Waals surface area contributed by atoms with Crippen LogP contribution in [0.3, 0.4) is 0 Å². The zero-order valence-corrected chi connectivity index (χ0v) is 76.7. The van der Waals surface area contributed by atoms with Crippen LogP contribution in [0.15, 0.2) is 133 Å². The number of nitrogens with one attached hydrogen (secondary N) is 2. The van der Waals surface area contributed by atoms with Gasteiger partial charge in [-0.2, -0.15) is 0 Å². The smallest absolute Gasteiger partial charge is 0.164 e. The number of fused-ring (bicyclic) bond motifs is 20. The Kier molecular flexibility index (Phi) is 24.8. The van der Waals surface area contributed by atoms with Crippen LogP contribution in [0.1, 0.15) is 319 Å². The Hall–Kier alpha value is -9.88. The van der Waals surface area contributed by atoms with Gasteiger partial charge in [-0.1, -0.05) is 248 Å². The van der Waals surface area contributed by atoms with Gasteiger partial charge in [-0.05, 0) is 227 Å². The monoisotopic (exact) mass is 1600 g/mol. The van der Waals surface area contributed by atoms with E-state index >= 15 is 0 Å². The lowest BCUT2D eigenvalue weighted by molar-refractivity contribution is 0.372. The first-order valence-electron chi connectivity index (χ1n) is 44.7. The second-order valence-electron chi connectivity index (χ2n) is 39.6. The number of aryl methyl sites for hydroxylation is 1. The Labute approximate surface area is 710 Å². The molecule has 0 spiro atoms. The van der Waals surface area contributed by atoms with Crippen LogP contribution in [-0.2, 0) is 43.3 Å². The molecule has 0 unspecified atom stereocenters. The molecule has 0 fully saturated rings. The molecule has 0 amide bonds. The van der Waals surface area contributed by atoms with Crippen molar-refractivity contribution in [3.8, 4) is 97.3 Å². The van der Waals surface area contributed by atoms with Gasteiger partial charge in [-0.25, -0.2) is 29.9 Å². The number of aromatic nitrogens is 8. The summed E-state index contributed by atoms with van der Waals surface area (Å²) in [5.41, 5.74) is 14.7. The Morgan fingerprint density at radius 3 is 0.891 bits per heavy atom. The molecule has 0 aliphatic carbocycles. The summed E-state index contributed by atoms with van der Waals surface area (Å²) in [4.78, 5) is 41.4. The molecule has 0 atom stereocenters. The molecule has 0 radical (unpaired) electrons. The summed E-state index contributed by atoms with van der Waals surface area (Å²) in [6.07, 6.45) is 16.3. The number of rotatable bonds is 33. The Morgan fingerprint density at radius 1 is 0.252 bits per heavy atom. The van der Waals surface area contributed by atoms with Crippen molar-refractivity contribution in [2.75, 3.05) is 7.11 Å². The van der Waals surface area contributed by atoms with E-state index < -0.39 is 0 Å². The van der Waals surface area contributed by atoms with E-state index in [-0.39, 0.29) is 43.3 Å². The fraction of sp³-hybridized carbons (Fsp3) is 0.472. The third-order valence-corrected chi connectivity index (χ3v) is 26.2. The average molecular weight is 1600 g/mol. The highest BCUT2D eigenvalue weighted by atomic mass is 16.5. The highest BCUT2D eigenvalue weighted by molar-refractivity contribution is 6.07. The molecule has 2 N–H and O–H groups in total. The molecular formula is C106H134N8O5. The molecule has 8 aromatic carbocycles. The molecule has 0 saturated heterocycles. The van der Waals surface area contributed by atoms with Crippen molar-refractivity contribution in [3.05, 3.63) is 184 Å². The average Bonchev–Trinajstić information content (AvgIpc) is 1.65. The fourth-order valence-corrected chi connectivity index (χ4v) is 19.6. The molecule has 8 bridgehead atoms. The van der Waals surface area contributed by atoms with Crippen molar-refractivity contribution in [3.63, 3.8) is 0 Å². The summed E-state index contributed by atoms with van der Waals surface area (Å²) in [6, 6.07) is 47.9. The van der Waals surface area contributed by atoms with Crippen LogP contribution in [0.25, 0.3) is 89.7 Å². The van der Waals surface area contributed by atoms with Gasteiger partial charge in [0.05, 0.1) is 7.11 Å². The lowest BCUT2D eigenvalue weighted by atomic mass is 9.74. The summed E-state index contributed by atoms with van der Waals surface area (Å²) < 4.78 is 35.7. The zero-order chi connectivity index (χ0) is 85.7. The summed E-state index contributed by atoms with van der Waals surface area (Å²) in [6.45, 7) is 57.6. The van der Waals surface area contributed by atoms with E-state index in [1.807, 2.05) is 6.07 Å². The number of hydrogen-bond donors (Lipinski definition) is 2. The van der Waals surface area contributed by atoms with Crippen LogP contribution < -0.4 is 23.7 Å². The molecule has 13 heteroatoms. The minimum Gasteiger partial charge on any atom is -0.496 e. The minimum absolute atomic E-state index is 0.0760. The SMILES string of the molecule is CCCC(C)(C)c1ccc(C(C)(C)CCC)c(Oc2ccc3c(c2)-c2nc-3nc3[nH]c(nc4nc(nc5[nH]c(n2)c2ccc(Oc6cc(C(C)(C)CCC)c(C)cc6C(C)(C)CCC)cc52)-c2ccc(Oc5cc(C(C)(C)CCC)c(OC)cc5C(C)(C)CCC)cc2-4)c2ccc(Oc4cc(C(C)(C)CCC)ccc4C(C)(C)CCC)cc32)c1. The van der Waals surface area contributed by atoms with E-state index in [0.29, 0.717) is 68.9 Å². The summed E-state index contributed by atoms with van der Waals surface area (Å²) in [5, 5.41) is 3.18. The maximum atomic E-state index is 7.39. The van der Waals surface area contributed by atoms with E-state index in [0.717, 1.165) is 198 Å². The molecule has 2 aliphatic rings. The third kappa shape index (κ3) is 17.7. The van der Waals surface area contributed by atoms with Crippen molar-refractivity contribution < 1.29 is 23.7 Å². The van der Waals surface area contributed by atoms with Crippen LogP contribution in [0.5, 0.6) is 51.7 Å². The van der Waals surface area contributed by atoms with Gasteiger partial charge in [0, 0.05) is 71.6 Å². The number of aromatic amines is 2. The molecule has 13 nitrogen and oxygen atoms in total. The molecular weight excluding hydrogens is 1470 g/mol. The van der Waals surface area contributed by atoms with Crippen LogP contribution in [0, 0.1) is 6.92 Å². The number of benzene rings is 8. The van der Waals surface area contributed by atoms with Gasteiger partial charge >= 0.3 is 0 Å². The molecule has 13 rings (SSSR count). The number of methoxy groups -OCH3 is 1. The highest BCUT2D eigenvalue weighted by Crippen LogP contribution is 2.51. The lowest BCUT2D eigenvalue weighted by Crippen LogP contribution is -2.22. The fourth-order valence-electron chi connectivity index (χ4n) is 19.6. The number of ether oxygens (including phenoxy) is 5. The Bertz CT molecular complexity index is 5780. The molecule has 2 aliphatic heterocycles. The van der Waals surface area contributed by atoms with Gasteiger partial charge in [0.25, 0.3) is 0 Å². The van der Waals surface area contributed by atoms with Crippen LogP contribution in [0.4, 0.5) is 0 Å². The van der Waals surface area contributed by atoms with Gasteiger partial charge < -0.3 is 33.7 Å². The highest BCUT2D eigenvalue weighted by Gasteiger charge is 2.36. The lowest BCUT2D eigenvalue weighted by Gasteiger charge is -2.32. The maximum absolute atomic E-state index is 7.39. The molecule has 0 saturated carbocycles. The van der Waals surface area contributed by atoms with Crippen molar-refractivity contribution in [1.29, 1.82) is 0 Å². The zero-order valence-electron chi connectivity index (χ0n) is 76.7. The van der Waals surface area contributed by atoms with Crippen LogP contribution in [0.2, 0.25) is 0 Å².